The standard InChI is InChI=1S/C24H19BrN2O2/c1-17-8-2-6-12-22(17)27-24(28)20(15-26)14-18-9-4-7-13-23(18)29-16-19-10-3-5-11-21(19)25/h2-14H,16H2,1H3,(H,27,28)/b20-14+. The van der Waals surface area contributed by atoms with Crippen LogP contribution >= 0.6 is 15.9 Å². The van der Waals surface area contributed by atoms with Gasteiger partial charge in [0.2, 0.25) is 0 Å². The Morgan fingerprint density at radius 2 is 1.76 bits per heavy atom. The maximum absolute atomic E-state index is 12.6. The largest absolute Gasteiger partial charge is 0.488 e. The number of nitrogens with one attached hydrogen (secondary N) is 1. The number of hydrogen-bond acceptors (Lipinski definition) is 3. The Balaban J connectivity index is 1.81. The van der Waals surface area contributed by atoms with Gasteiger partial charge in [0, 0.05) is 21.3 Å². The van der Waals surface area contributed by atoms with Crippen LogP contribution in [0.5, 0.6) is 5.75 Å². The topological polar surface area (TPSA) is 62.1 Å². The van der Waals surface area contributed by atoms with Crippen LogP contribution in [0.3, 0.4) is 0 Å². The molecule has 0 aliphatic rings. The van der Waals surface area contributed by atoms with Gasteiger partial charge >= 0.3 is 0 Å². The van der Waals surface area contributed by atoms with Crippen LogP contribution < -0.4 is 10.1 Å². The van der Waals surface area contributed by atoms with Crippen LogP contribution in [0.2, 0.25) is 0 Å². The normalized spacial score (nSPS) is 10.9. The molecule has 5 heteroatoms. The van der Waals surface area contributed by atoms with Crippen molar-refractivity contribution in [2.24, 2.45) is 0 Å². The molecule has 0 unspecified atom stereocenters. The first-order chi connectivity index (χ1) is 14.1. The van der Waals surface area contributed by atoms with Crippen molar-refractivity contribution in [3.05, 3.63) is 99.5 Å². The van der Waals surface area contributed by atoms with E-state index in [1.165, 1.54) is 0 Å². The zero-order valence-corrected chi connectivity index (χ0v) is 17.4. The van der Waals surface area contributed by atoms with E-state index < -0.39 is 5.91 Å². The fourth-order valence-electron chi connectivity index (χ4n) is 2.71. The van der Waals surface area contributed by atoms with Crippen LogP contribution in [-0.2, 0) is 11.4 Å². The minimum absolute atomic E-state index is 0.00481. The highest BCUT2D eigenvalue weighted by Gasteiger charge is 2.12. The van der Waals surface area contributed by atoms with E-state index in [0.717, 1.165) is 15.6 Å². The number of hydrogen-bond donors (Lipinski definition) is 1. The molecule has 1 N–H and O–H groups in total. The summed E-state index contributed by atoms with van der Waals surface area (Å²) < 4.78 is 6.91. The molecule has 3 rings (SSSR count). The molecule has 0 saturated carbocycles. The van der Waals surface area contributed by atoms with Crippen molar-refractivity contribution >= 4 is 33.6 Å². The van der Waals surface area contributed by atoms with Crippen LogP contribution in [0.15, 0.2) is 82.8 Å². The lowest BCUT2D eigenvalue weighted by molar-refractivity contribution is -0.112. The highest BCUT2D eigenvalue weighted by atomic mass is 79.9. The summed E-state index contributed by atoms with van der Waals surface area (Å²) in [5.74, 6) is 0.141. The van der Waals surface area contributed by atoms with Gasteiger partial charge in [0.15, 0.2) is 0 Å². The summed E-state index contributed by atoms with van der Waals surface area (Å²) in [5, 5.41) is 12.3. The minimum atomic E-state index is -0.456. The number of carbonyl (C=O) groups is 1. The molecule has 0 atom stereocenters. The van der Waals surface area contributed by atoms with Crippen molar-refractivity contribution in [2.75, 3.05) is 5.32 Å². The molecular formula is C24H19BrN2O2. The fraction of sp³-hybridized carbons (Fsp3) is 0.0833. The second-order valence-corrected chi connectivity index (χ2v) is 7.21. The van der Waals surface area contributed by atoms with Crippen molar-refractivity contribution in [2.45, 2.75) is 13.5 Å². The van der Waals surface area contributed by atoms with Crippen LogP contribution in [-0.4, -0.2) is 5.91 Å². The first-order valence-electron chi connectivity index (χ1n) is 9.02. The van der Waals surface area contributed by atoms with Crippen LogP contribution in [0.1, 0.15) is 16.7 Å². The third kappa shape index (κ3) is 5.34. The van der Waals surface area contributed by atoms with E-state index in [1.807, 2.05) is 79.7 Å². The number of nitrogens with zero attached hydrogens (tertiary/aromatic N) is 1. The molecule has 0 fully saturated rings. The number of benzene rings is 3. The third-order valence-electron chi connectivity index (χ3n) is 4.32. The number of nitriles is 1. The number of anilines is 1. The average Bonchev–Trinajstić information content (AvgIpc) is 2.73. The summed E-state index contributed by atoms with van der Waals surface area (Å²) in [6, 6.07) is 24.5. The molecule has 1 amide bonds. The van der Waals surface area contributed by atoms with Crippen LogP contribution in [0.4, 0.5) is 5.69 Å². The number of para-hydroxylation sites is 2. The number of amides is 1. The lowest BCUT2D eigenvalue weighted by atomic mass is 10.1. The first kappa shape index (κ1) is 20.4. The molecule has 0 bridgehead atoms. The maximum atomic E-state index is 12.6. The van der Waals surface area contributed by atoms with Gasteiger partial charge in [-0.15, -0.1) is 0 Å². The fourth-order valence-corrected chi connectivity index (χ4v) is 3.11. The number of aryl methyl sites for hydroxylation is 1. The summed E-state index contributed by atoms with van der Waals surface area (Å²) in [7, 11) is 0. The molecule has 4 nitrogen and oxygen atoms in total. The van der Waals surface area contributed by atoms with Crippen molar-refractivity contribution in [1.29, 1.82) is 5.26 Å². The highest BCUT2D eigenvalue weighted by Crippen LogP contribution is 2.24. The number of carbonyl (C=O) groups excluding carboxylic acids is 1. The van der Waals surface area contributed by atoms with E-state index >= 15 is 0 Å². The molecule has 0 aliphatic heterocycles. The number of rotatable bonds is 6. The Hall–Kier alpha value is -3.36. The molecular weight excluding hydrogens is 428 g/mol. The molecule has 29 heavy (non-hydrogen) atoms. The molecule has 3 aromatic rings. The van der Waals surface area contributed by atoms with Gasteiger partial charge in [-0.2, -0.15) is 5.26 Å². The zero-order chi connectivity index (χ0) is 20.6. The SMILES string of the molecule is Cc1ccccc1NC(=O)/C(C#N)=C/c1ccccc1OCc1ccccc1Br. The van der Waals surface area contributed by atoms with Gasteiger partial charge in [-0.25, -0.2) is 0 Å². The van der Waals surface area contributed by atoms with Gasteiger partial charge in [0.1, 0.15) is 24.0 Å². The third-order valence-corrected chi connectivity index (χ3v) is 5.09. The quantitative estimate of drug-likeness (QED) is 0.379. The van der Waals surface area contributed by atoms with Gasteiger partial charge < -0.3 is 10.1 Å². The second kappa shape index (κ2) is 9.72. The van der Waals surface area contributed by atoms with Gasteiger partial charge in [0.25, 0.3) is 5.91 Å². The zero-order valence-electron chi connectivity index (χ0n) is 15.9. The molecule has 0 heterocycles. The molecule has 144 valence electrons. The summed E-state index contributed by atoms with van der Waals surface area (Å²) >= 11 is 3.51. The Morgan fingerprint density at radius 1 is 1.07 bits per heavy atom. The van der Waals surface area contributed by atoms with E-state index in [0.29, 0.717) is 23.6 Å². The van der Waals surface area contributed by atoms with E-state index in [2.05, 4.69) is 21.2 Å². The highest BCUT2D eigenvalue weighted by molar-refractivity contribution is 9.10. The molecule has 0 spiro atoms. The smallest absolute Gasteiger partial charge is 0.266 e. The lowest BCUT2D eigenvalue weighted by Gasteiger charge is -2.11. The van der Waals surface area contributed by atoms with Gasteiger partial charge in [-0.05, 0) is 36.8 Å². The molecule has 0 aromatic heterocycles. The summed E-state index contributed by atoms with van der Waals surface area (Å²) in [6.45, 7) is 2.26. The van der Waals surface area contributed by atoms with Crippen LogP contribution in [0.25, 0.3) is 6.08 Å². The van der Waals surface area contributed by atoms with E-state index in [9.17, 15) is 10.1 Å². The first-order valence-corrected chi connectivity index (χ1v) is 9.82. The molecule has 0 saturated heterocycles. The van der Waals surface area contributed by atoms with Gasteiger partial charge in [-0.1, -0.05) is 70.5 Å². The van der Waals surface area contributed by atoms with Gasteiger partial charge in [-0.3, -0.25) is 4.79 Å². The predicted molar refractivity (Wildman–Crippen MR) is 118 cm³/mol. The van der Waals surface area contributed by atoms with E-state index in [1.54, 1.807) is 12.1 Å². The summed E-state index contributed by atoms with van der Waals surface area (Å²) in [6.07, 6.45) is 1.54. The van der Waals surface area contributed by atoms with E-state index in [4.69, 9.17) is 4.74 Å². The Kier molecular flexibility index (Phi) is 6.83. The Labute approximate surface area is 178 Å². The molecule has 0 radical (unpaired) electrons. The number of halogens is 1. The monoisotopic (exact) mass is 446 g/mol. The summed E-state index contributed by atoms with van der Waals surface area (Å²) in [5.41, 5.74) is 3.28. The predicted octanol–water partition coefficient (Wildman–Crippen LogP) is 5.88. The summed E-state index contributed by atoms with van der Waals surface area (Å²) in [4.78, 5) is 12.6. The van der Waals surface area contributed by atoms with Gasteiger partial charge in [0.05, 0.1) is 0 Å². The molecule has 3 aromatic carbocycles. The van der Waals surface area contributed by atoms with E-state index in [-0.39, 0.29) is 5.57 Å². The van der Waals surface area contributed by atoms with Crippen molar-refractivity contribution < 1.29 is 9.53 Å². The molecule has 0 aliphatic carbocycles. The average molecular weight is 447 g/mol. The van der Waals surface area contributed by atoms with Crippen molar-refractivity contribution in [3.63, 3.8) is 0 Å². The Bertz CT molecular complexity index is 1100. The van der Waals surface area contributed by atoms with Crippen molar-refractivity contribution in [1.82, 2.24) is 0 Å². The minimum Gasteiger partial charge on any atom is -0.488 e. The number of ether oxygens (including phenoxy) is 1. The lowest BCUT2D eigenvalue weighted by Crippen LogP contribution is -2.14. The second-order valence-electron chi connectivity index (χ2n) is 6.36. The van der Waals surface area contributed by atoms with Crippen LogP contribution in [0, 0.1) is 18.3 Å². The Morgan fingerprint density at radius 3 is 2.52 bits per heavy atom. The maximum Gasteiger partial charge on any atom is 0.266 e. The van der Waals surface area contributed by atoms with Crippen molar-refractivity contribution in [3.8, 4) is 11.8 Å².